The molecular formula is C12H16ClN3O4S. The van der Waals surface area contributed by atoms with Crippen molar-refractivity contribution in [2.75, 3.05) is 19.6 Å². The summed E-state index contributed by atoms with van der Waals surface area (Å²) in [5.41, 5.74) is 0.737. The molecule has 0 bridgehead atoms. The summed E-state index contributed by atoms with van der Waals surface area (Å²) in [5, 5.41) is 3.15. The molecule has 21 heavy (non-hydrogen) atoms. The van der Waals surface area contributed by atoms with Crippen LogP contribution in [-0.2, 0) is 10.0 Å². The van der Waals surface area contributed by atoms with Crippen molar-refractivity contribution in [3.63, 3.8) is 0 Å². The summed E-state index contributed by atoms with van der Waals surface area (Å²) in [5.74, 6) is -0.593. The Bertz CT molecular complexity index is 798. The Hall–Kier alpha value is -1.35. The molecule has 1 saturated heterocycles. The largest absolute Gasteiger partial charge is 0.417 e. The lowest BCUT2D eigenvalue weighted by atomic mass is 10.3. The molecule has 1 aromatic carbocycles. The number of H-pyrrole nitrogens is 1. The number of nitrogens with zero attached hydrogens (tertiary/aromatic N) is 1. The number of rotatable bonds is 2. The van der Waals surface area contributed by atoms with Gasteiger partial charge in [-0.15, -0.1) is 12.4 Å². The highest BCUT2D eigenvalue weighted by atomic mass is 35.5. The van der Waals surface area contributed by atoms with Gasteiger partial charge < -0.3 is 9.73 Å². The van der Waals surface area contributed by atoms with E-state index in [4.69, 9.17) is 4.42 Å². The summed E-state index contributed by atoms with van der Waals surface area (Å²) >= 11 is 0. The lowest BCUT2D eigenvalue weighted by molar-refractivity contribution is 0.284. The Morgan fingerprint density at radius 1 is 1.38 bits per heavy atom. The van der Waals surface area contributed by atoms with Crippen LogP contribution >= 0.6 is 12.4 Å². The number of hydrogen-bond acceptors (Lipinski definition) is 5. The second kappa shape index (κ2) is 5.80. The topological polar surface area (TPSA) is 95.4 Å². The Labute approximate surface area is 127 Å². The van der Waals surface area contributed by atoms with Crippen molar-refractivity contribution in [3.05, 3.63) is 28.7 Å². The Morgan fingerprint density at radius 3 is 2.86 bits per heavy atom. The van der Waals surface area contributed by atoms with Gasteiger partial charge in [-0.25, -0.2) is 13.2 Å². The van der Waals surface area contributed by atoms with Crippen LogP contribution in [0.15, 0.2) is 32.3 Å². The summed E-state index contributed by atoms with van der Waals surface area (Å²) in [6.07, 6.45) is 0. The van der Waals surface area contributed by atoms with Crippen molar-refractivity contribution < 1.29 is 12.8 Å². The van der Waals surface area contributed by atoms with E-state index in [1.54, 1.807) is 0 Å². The lowest BCUT2D eigenvalue weighted by Gasteiger charge is -2.32. The van der Waals surface area contributed by atoms with Crippen LogP contribution in [0.2, 0.25) is 0 Å². The highest BCUT2D eigenvalue weighted by Crippen LogP contribution is 2.22. The van der Waals surface area contributed by atoms with Crippen LogP contribution in [0.3, 0.4) is 0 Å². The first-order valence-electron chi connectivity index (χ1n) is 6.34. The summed E-state index contributed by atoms with van der Waals surface area (Å²) < 4.78 is 31.6. The summed E-state index contributed by atoms with van der Waals surface area (Å²) in [6.45, 7) is 3.56. The van der Waals surface area contributed by atoms with Crippen molar-refractivity contribution in [2.45, 2.75) is 17.9 Å². The Kier molecular flexibility index (Phi) is 4.43. The number of nitrogens with one attached hydrogen (secondary N) is 2. The molecule has 0 amide bonds. The van der Waals surface area contributed by atoms with Crippen molar-refractivity contribution in [1.29, 1.82) is 0 Å². The van der Waals surface area contributed by atoms with Gasteiger partial charge in [0.2, 0.25) is 10.0 Å². The normalized spacial score (nSPS) is 20.3. The molecule has 1 fully saturated rings. The van der Waals surface area contributed by atoms with E-state index in [0.717, 1.165) is 0 Å². The average molecular weight is 334 g/mol. The van der Waals surface area contributed by atoms with Gasteiger partial charge in [0.05, 0.1) is 10.4 Å². The zero-order valence-corrected chi connectivity index (χ0v) is 13.0. The van der Waals surface area contributed by atoms with Crippen LogP contribution in [-0.4, -0.2) is 43.4 Å². The van der Waals surface area contributed by atoms with Crippen molar-refractivity contribution in [2.24, 2.45) is 0 Å². The van der Waals surface area contributed by atoms with Gasteiger partial charge in [-0.2, -0.15) is 4.31 Å². The molecule has 9 heteroatoms. The fraction of sp³-hybridized carbons (Fsp3) is 0.417. The van der Waals surface area contributed by atoms with Crippen molar-refractivity contribution in [1.82, 2.24) is 14.6 Å². The summed E-state index contributed by atoms with van der Waals surface area (Å²) in [7, 11) is -3.56. The fourth-order valence-corrected chi connectivity index (χ4v) is 4.06. The minimum absolute atomic E-state index is 0. The predicted molar refractivity (Wildman–Crippen MR) is 80.3 cm³/mol. The molecular weight excluding hydrogens is 318 g/mol. The Balaban J connectivity index is 0.00000161. The zero-order chi connectivity index (χ0) is 14.3. The third kappa shape index (κ3) is 2.84. The molecule has 0 saturated carbocycles. The molecule has 0 radical (unpaired) electrons. The van der Waals surface area contributed by atoms with Crippen LogP contribution in [0.25, 0.3) is 11.1 Å². The van der Waals surface area contributed by atoms with Crippen LogP contribution in [0.5, 0.6) is 0 Å². The van der Waals surface area contributed by atoms with E-state index in [2.05, 4.69) is 10.3 Å². The van der Waals surface area contributed by atoms with E-state index in [1.807, 2.05) is 6.92 Å². The number of piperazine rings is 1. The second-order valence-electron chi connectivity index (χ2n) is 4.84. The Morgan fingerprint density at radius 2 is 2.14 bits per heavy atom. The van der Waals surface area contributed by atoms with Gasteiger partial charge in [0, 0.05) is 25.7 Å². The van der Waals surface area contributed by atoms with Gasteiger partial charge in [-0.3, -0.25) is 4.98 Å². The second-order valence-corrected chi connectivity index (χ2v) is 6.73. The number of aromatic nitrogens is 1. The molecule has 1 unspecified atom stereocenters. The molecule has 1 aliphatic rings. The predicted octanol–water partition coefficient (Wildman–Crippen LogP) is 0.525. The van der Waals surface area contributed by atoms with Crippen LogP contribution in [0, 0.1) is 0 Å². The monoisotopic (exact) mass is 333 g/mol. The van der Waals surface area contributed by atoms with Gasteiger partial charge >= 0.3 is 5.76 Å². The molecule has 2 heterocycles. The first kappa shape index (κ1) is 16.0. The van der Waals surface area contributed by atoms with Gasteiger partial charge in [0.25, 0.3) is 0 Å². The van der Waals surface area contributed by atoms with E-state index in [1.165, 1.54) is 22.5 Å². The number of benzene rings is 1. The first-order valence-corrected chi connectivity index (χ1v) is 7.78. The lowest BCUT2D eigenvalue weighted by Crippen LogP contribution is -2.52. The van der Waals surface area contributed by atoms with Gasteiger partial charge in [-0.05, 0) is 25.1 Å². The molecule has 7 nitrogen and oxygen atoms in total. The van der Waals surface area contributed by atoms with E-state index < -0.39 is 15.8 Å². The minimum atomic E-state index is -3.56. The molecule has 3 rings (SSSR count). The SMILES string of the molecule is CC1CNCCN1S(=O)(=O)c1ccc2oc(=O)[nH]c2c1.Cl. The maximum absolute atomic E-state index is 12.6. The molecule has 0 aliphatic carbocycles. The van der Waals surface area contributed by atoms with Gasteiger partial charge in [0.15, 0.2) is 5.58 Å². The van der Waals surface area contributed by atoms with Crippen LogP contribution in [0.1, 0.15) is 6.92 Å². The van der Waals surface area contributed by atoms with Gasteiger partial charge in [0.1, 0.15) is 0 Å². The standard InChI is InChI=1S/C12H15N3O4S.ClH/c1-8-7-13-4-5-15(8)20(17,18)9-2-3-11-10(6-9)14-12(16)19-11;/h2-3,6,8,13H,4-5,7H2,1H3,(H,14,16);1H. The number of sulfonamides is 1. The zero-order valence-electron chi connectivity index (χ0n) is 11.3. The number of fused-ring (bicyclic) bond motifs is 1. The minimum Gasteiger partial charge on any atom is -0.408 e. The van der Waals surface area contributed by atoms with Crippen molar-refractivity contribution in [3.8, 4) is 0 Å². The number of aromatic amines is 1. The van der Waals surface area contributed by atoms with E-state index in [0.29, 0.717) is 30.7 Å². The van der Waals surface area contributed by atoms with Crippen LogP contribution in [0.4, 0.5) is 0 Å². The molecule has 0 spiro atoms. The molecule has 2 N–H and O–H groups in total. The molecule has 1 aliphatic heterocycles. The number of oxazole rings is 1. The summed E-state index contributed by atoms with van der Waals surface area (Å²) in [4.78, 5) is 13.7. The number of halogens is 1. The maximum Gasteiger partial charge on any atom is 0.417 e. The smallest absolute Gasteiger partial charge is 0.408 e. The number of hydrogen-bond donors (Lipinski definition) is 2. The quantitative estimate of drug-likeness (QED) is 0.835. The third-order valence-corrected chi connectivity index (χ3v) is 5.45. The van der Waals surface area contributed by atoms with E-state index >= 15 is 0 Å². The molecule has 1 atom stereocenters. The molecule has 2 aromatic rings. The third-order valence-electron chi connectivity index (χ3n) is 3.44. The average Bonchev–Trinajstić information content (AvgIpc) is 2.78. The highest BCUT2D eigenvalue weighted by Gasteiger charge is 2.31. The van der Waals surface area contributed by atoms with E-state index in [9.17, 15) is 13.2 Å². The van der Waals surface area contributed by atoms with Gasteiger partial charge in [-0.1, -0.05) is 0 Å². The molecule has 1 aromatic heterocycles. The van der Waals surface area contributed by atoms with Crippen LogP contribution < -0.4 is 11.1 Å². The maximum atomic E-state index is 12.6. The highest BCUT2D eigenvalue weighted by molar-refractivity contribution is 7.89. The summed E-state index contributed by atoms with van der Waals surface area (Å²) in [6, 6.07) is 4.29. The van der Waals surface area contributed by atoms with E-state index in [-0.39, 0.29) is 23.3 Å². The first-order chi connectivity index (χ1) is 9.48. The van der Waals surface area contributed by atoms with Crippen molar-refractivity contribution >= 4 is 33.5 Å². The molecule has 116 valence electrons. The fourth-order valence-electron chi connectivity index (χ4n) is 2.41.